The van der Waals surface area contributed by atoms with Crippen molar-refractivity contribution in [2.45, 2.75) is 6.92 Å². The van der Waals surface area contributed by atoms with Crippen LogP contribution in [0.25, 0.3) is 0 Å². The van der Waals surface area contributed by atoms with E-state index in [1.165, 1.54) is 0 Å². The minimum atomic E-state index is -0.185. The predicted molar refractivity (Wildman–Crippen MR) is 86.0 cm³/mol. The van der Waals surface area contributed by atoms with Crippen molar-refractivity contribution >= 4 is 55.1 Å². The molecular formula is C14H10Br2ClNO. The van der Waals surface area contributed by atoms with Gasteiger partial charge in [0.2, 0.25) is 0 Å². The fraction of sp³-hybridized carbons (Fsp3) is 0.0714. The molecule has 1 N–H and O–H groups in total. The number of benzene rings is 2. The van der Waals surface area contributed by atoms with Gasteiger partial charge in [-0.2, -0.15) is 0 Å². The number of rotatable bonds is 2. The Balaban J connectivity index is 2.28. The van der Waals surface area contributed by atoms with Crippen LogP contribution in [0.15, 0.2) is 45.3 Å². The van der Waals surface area contributed by atoms with E-state index in [1.807, 2.05) is 19.1 Å². The van der Waals surface area contributed by atoms with Gasteiger partial charge in [-0.1, -0.05) is 23.7 Å². The van der Waals surface area contributed by atoms with Crippen molar-refractivity contribution in [1.82, 2.24) is 0 Å². The van der Waals surface area contributed by atoms with Gasteiger partial charge >= 0.3 is 0 Å². The van der Waals surface area contributed by atoms with Gasteiger partial charge in [-0.15, -0.1) is 0 Å². The van der Waals surface area contributed by atoms with Gasteiger partial charge in [0.1, 0.15) is 0 Å². The summed E-state index contributed by atoms with van der Waals surface area (Å²) in [5.74, 6) is -0.185. The summed E-state index contributed by atoms with van der Waals surface area (Å²) >= 11 is 12.7. The van der Waals surface area contributed by atoms with Crippen molar-refractivity contribution in [3.63, 3.8) is 0 Å². The maximum absolute atomic E-state index is 12.2. The first kappa shape index (κ1) is 14.6. The lowest BCUT2D eigenvalue weighted by Gasteiger charge is -2.10. The Kier molecular flexibility index (Phi) is 4.66. The zero-order chi connectivity index (χ0) is 14.0. The molecule has 0 aliphatic rings. The highest BCUT2D eigenvalue weighted by Crippen LogP contribution is 2.30. The van der Waals surface area contributed by atoms with Crippen LogP contribution < -0.4 is 5.32 Å². The number of hydrogen-bond acceptors (Lipinski definition) is 1. The molecule has 0 fully saturated rings. The molecule has 2 nitrogen and oxygen atoms in total. The first-order valence-electron chi connectivity index (χ1n) is 5.50. The average molecular weight is 404 g/mol. The van der Waals surface area contributed by atoms with Crippen LogP contribution in [0.5, 0.6) is 0 Å². The number of carbonyl (C=O) groups is 1. The van der Waals surface area contributed by atoms with Crippen molar-refractivity contribution in [1.29, 1.82) is 0 Å². The van der Waals surface area contributed by atoms with Gasteiger partial charge in [0.15, 0.2) is 0 Å². The second kappa shape index (κ2) is 6.07. The second-order valence-corrected chi connectivity index (χ2v) is 6.09. The Labute approximate surface area is 133 Å². The topological polar surface area (TPSA) is 29.1 Å². The highest BCUT2D eigenvalue weighted by atomic mass is 79.9. The van der Waals surface area contributed by atoms with E-state index in [-0.39, 0.29) is 5.91 Å². The Morgan fingerprint density at radius 3 is 2.63 bits per heavy atom. The fourth-order valence-electron chi connectivity index (χ4n) is 1.59. The summed E-state index contributed by atoms with van der Waals surface area (Å²) < 4.78 is 1.44. The van der Waals surface area contributed by atoms with Gasteiger partial charge in [0, 0.05) is 4.47 Å². The lowest BCUT2D eigenvalue weighted by molar-refractivity contribution is 0.102. The molecule has 0 saturated heterocycles. The number of anilines is 1. The van der Waals surface area contributed by atoms with E-state index >= 15 is 0 Å². The van der Waals surface area contributed by atoms with Gasteiger partial charge in [-0.3, -0.25) is 4.79 Å². The summed E-state index contributed by atoms with van der Waals surface area (Å²) in [6.07, 6.45) is 0. The minimum absolute atomic E-state index is 0.185. The van der Waals surface area contributed by atoms with E-state index < -0.39 is 0 Å². The zero-order valence-electron chi connectivity index (χ0n) is 10.0. The summed E-state index contributed by atoms with van der Waals surface area (Å²) in [7, 11) is 0. The average Bonchev–Trinajstić information content (AvgIpc) is 2.34. The molecule has 0 atom stereocenters. The van der Waals surface area contributed by atoms with Crippen molar-refractivity contribution in [2.24, 2.45) is 0 Å². The molecule has 0 spiro atoms. The molecule has 2 rings (SSSR count). The molecule has 19 heavy (non-hydrogen) atoms. The zero-order valence-corrected chi connectivity index (χ0v) is 13.9. The van der Waals surface area contributed by atoms with Crippen LogP contribution in [0.1, 0.15) is 15.9 Å². The molecular weight excluding hydrogens is 393 g/mol. The molecule has 0 unspecified atom stereocenters. The number of hydrogen-bond donors (Lipinski definition) is 1. The molecule has 0 bridgehead atoms. The lowest BCUT2D eigenvalue weighted by atomic mass is 10.1. The molecule has 0 radical (unpaired) electrons. The lowest BCUT2D eigenvalue weighted by Crippen LogP contribution is -2.13. The fourth-order valence-corrected chi connectivity index (χ4v) is 2.81. The monoisotopic (exact) mass is 401 g/mol. The van der Waals surface area contributed by atoms with Crippen LogP contribution in [0.3, 0.4) is 0 Å². The number of carbonyl (C=O) groups excluding carboxylic acids is 1. The van der Waals surface area contributed by atoms with Crippen molar-refractivity contribution in [3.05, 3.63) is 61.5 Å². The SMILES string of the molecule is Cc1ccc(C(=O)Nc2cccc(Cl)c2Br)c(Br)c1. The first-order chi connectivity index (χ1) is 8.99. The van der Waals surface area contributed by atoms with Gasteiger partial charge in [0.05, 0.1) is 20.7 Å². The van der Waals surface area contributed by atoms with Crippen molar-refractivity contribution in [3.8, 4) is 0 Å². The van der Waals surface area contributed by atoms with E-state index in [2.05, 4.69) is 37.2 Å². The Morgan fingerprint density at radius 1 is 1.21 bits per heavy atom. The van der Waals surface area contributed by atoms with Gasteiger partial charge in [0.25, 0.3) is 5.91 Å². The molecule has 5 heteroatoms. The van der Waals surface area contributed by atoms with Crippen LogP contribution in [0, 0.1) is 6.92 Å². The van der Waals surface area contributed by atoms with E-state index in [9.17, 15) is 4.79 Å². The molecule has 1 amide bonds. The van der Waals surface area contributed by atoms with Crippen LogP contribution in [-0.4, -0.2) is 5.91 Å². The van der Waals surface area contributed by atoms with Crippen LogP contribution in [0.4, 0.5) is 5.69 Å². The normalized spacial score (nSPS) is 10.3. The maximum atomic E-state index is 12.2. The molecule has 0 aliphatic heterocycles. The molecule has 2 aromatic rings. The van der Waals surface area contributed by atoms with Crippen LogP contribution in [0.2, 0.25) is 5.02 Å². The Morgan fingerprint density at radius 2 is 1.95 bits per heavy atom. The molecule has 0 saturated carbocycles. The van der Waals surface area contributed by atoms with E-state index in [0.717, 1.165) is 10.0 Å². The first-order valence-corrected chi connectivity index (χ1v) is 7.47. The largest absolute Gasteiger partial charge is 0.321 e. The van der Waals surface area contributed by atoms with Crippen molar-refractivity contribution < 1.29 is 4.79 Å². The highest BCUT2D eigenvalue weighted by molar-refractivity contribution is 9.11. The third kappa shape index (κ3) is 3.38. The van der Waals surface area contributed by atoms with Crippen molar-refractivity contribution in [2.75, 3.05) is 5.32 Å². The van der Waals surface area contributed by atoms with Crippen LogP contribution in [-0.2, 0) is 0 Å². The predicted octanol–water partition coefficient (Wildman–Crippen LogP) is 5.43. The second-order valence-electron chi connectivity index (χ2n) is 4.04. The number of halogens is 3. The smallest absolute Gasteiger partial charge is 0.256 e. The Hall–Kier alpha value is -0.840. The van der Waals surface area contributed by atoms with E-state index in [1.54, 1.807) is 24.3 Å². The van der Waals surface area contributed by atoms with Gasteiger partial charge in [-0.25, -0.2) is 0 Å². The highest BCUT2D eigenvalue weighted by Gasteiger charge is 2.12. The maximum Gasteiger partial charge on any atom is 0.256 e. The Bertz CT molecular complexity index is 643. The summed E-state index contributed by atoms with van der Waals surface area (Å²) in [5.41, 5.74) is 2.31. The molecule has 0 aromatic heterocycles. The quantitative estimate of drug-likeness (QED) is 0.712. The van der Waals surface area contributed by atoms with Gasteiger partial charge < -0.3 is 5.32 Å². The summed E-state index contributed by atoms with van der Waals surface area (Å²) in [5, 5.41) is 3.38. The van der Waals surface area contributed by atoms with E-state index in [4.69, 9.17) is 11.6 Å². The molecule has 98 valence electrons. The van der Waals surface area contributed by atoms with Gasteiger partial charge in [-0.05, 0) is 68.6 Å². The molecule has 0 aliphatic carbocycles. The standard InChI is InChI=1S/C14H10Br2ClNO/c1-8-5-6-9(10(15)7-8)14(19)18-12-4-2-3-11(17)13(12)16/h2-7H,1H3,(H,18,19). The molecule has 2 aromatic carbocycles. The number of amides is 1. The molecule has 0 heterocycles. The summed E-state index contributed by atoms with van der Waals surface area (Å²) in [6, 6.07) is 10.9. The summed E-state index contributed by atoms with van der Waals surface area (Å²) in [6.45, 7) is 1.97. The minimum Gasteiger partial charge on any atom is -0.321 e. The third-order valence-electron chi connectivity index (χ3n) is 2.57. The van der Waals surface area contributed by atoms with Crippen LogP contribution >= 0.6 is 43.5 Å². The number of nitrogens with one attached hydrogen (secondary N) is 1. The number of aryl methyl sites for hydroxylation is 1. The van der Waals surface area contributed by atoms with E-state index in [0.29, 0.717) is 20.7 Å². The summed E-state index contributed by atoms with van der Waals surface area (Å²) in [4.78, 5) is 12.2. The third-order valence-corrected chi connectivity index (χ3v) is 4.62.